The highest BCUT2D eigenvalue weighted by Crippen LogP contribution is 2.40. The standard InChI is InChI=1S/C17H21NO3S/c1-11(17(20)21)10-18(13-6-7-13)16(19)15-14-5-3-2-4-12(14)8-9-22-15/h2-5,11,13,15H,6-10H2,1H3,(H,20,21)/t11-,15-/m0/s1. The third-order valence-electron chi connectivity index (χ3n) is 4.38. The van der Waals surface area contributed by atoms with Crippen LogP contribution in [0.3, 0.4) is 0 Å². The largest absolute Gasteiger partial charge is 0.481 e. The van der Waals surface area contributed by atoms with Crippen LogP contribution < -0.4 is 0 Å². The van der Waals surface area contributed by atoms with Gasteiger partial charge in [-0.25, -0.2) is 0 Å². The van der Waals surface area contributed by atoms with Crippen molar-refractivity contribution in [2.75, 3.05) is 12.3 Å². The number of hydrogen-bond acceptors (Lipinski definition) is 3. The zero-order valence-corrected chi connectivity index (χ0v) is 13.5. The number of aliphatic carboxylic acids is 1. The molecule has 0 unspecified atom stereocenters. The first kappa shape index (κ1) is 15.4. The van der Waals surface area contributed by atoms with Gasteiger partial charge in [0.1, 0.15) is 5.25 Å². The molecule has 1 aromatic carbocycles. The Labute approximate surface area is 134 Å². The molecule has 2 atom stereocenters. The summed E-state index contributed by atoms with van der Waals surface area (Å²) in [7, 11) is 0. The number of benzene rings is 1. The summed E-state index contributed by atoms with van der Waals surface area (Å²) < 4.78 is 0. The molecule has 1 saturated carbocycles. The van der Waals surface area contributed by atoms with Crippen molar-refractivity contribution in [3.8, 4) is 0 Å². The van der Waals surface area contributed by atoms with Gasteiger partial charge in [0, 0.05) is 12.6 Å². The minimum atomic E-state index is -0.838. The first-order chi connectivity index (χ1) is 10.6. The Morgan fingerprint density at radius 2 is 2.09 bits per heavy atom. The number of nitrogens with zero attached hydrogens (tertiary/aromatic N) is 1. The molecular weight excluding hydrogens is 298 g/mol. The van der Waals surface area contributed by atoms with Crippen LogP contribution in [-0.4, -0.2) is 40.2 Å². The molecule has 22 heavy (non-hydrogen) atoms. The van der Waals surface area contributed by atoms with Gasteiger partial charge < -0.3 is 10.0 Å². The molecule has 118 valence electrons. The molecule has 1 aliphatic carbocycles. The maximum Gasteiger partial charge on any atom is 0.308 e. The fourth-order valence-electron chi connectivity index (χ4n) is 2.93. The van der Waals surface area contributed by atoms with Gasteiger partial charge in [-0.3, -0.25) is 9.59 Å². The van der Waals surface area contributed by atoms with E-state index in [1.54, 1.807) is 18.7 Å². The van der Waals surface area contributed by atoms with Gasteiger partial charge in [0.2, 0.25) is 5.91 Å². The fourth-order valence-corrected chi connectivity index (χ4v) is 4.19. The number of fused-ring (bicyclic) bond motifs is 1. The molecule has 1 N–H and O–H groups in total. The summed E-state index contributed by atoms with van der Waals surface area (Å²) in [5.41, 5.74) is 2.36. The lowest BCUT2D eigenvalue weighted by Crippen LogP contribution is -2.41. The molecular formula is C17H21NO3S. The normalized spacial score (nSPS) is 21.8. The van der Waals surface area contributed by atoms with Crippen LogP contribution in [0.25, 0.3) is 0 Å². The van der Waals surface area contributed by atoms with Gasteiger partial charge in [-0.2, -0.15) is 0 Å². The molecule has 1 fully saturated rings. The molecule has 2 aliphatic rings. The Morgan fingerprint density at radius 1 is 1.36 bits per heavy atom. The summed E-state index contributed by atoms with van der Waals surface area (Å²) in [4.78, 5) is 26.0. The molecule has 1 amide bonds. The van der Waals surface area contributed by atoms with E-state index in [9.17, 15) is 9.59 Å². The van der Waals surface area contributed by atoms with E-state index in [1.165, 1.54) is 5.56 Å². The van der Waals surface area contributed by atoms with Crippen LogP contribution in [0.1, 0.15) is 36.1 Å². The van der Waals surface area contributed by atoms with E-state index < -0.39 is 11.9 Å². The third kappa shape index (κ3) is 3.14. The molecule has 3 rings (SSSR count). The van der Waals surface area contributed by atoms with Gasteiger partial charge in [-0.15, -0.1) is 11.8 Å². The Balaban J connectivity index is 1.81. The van der Waals surface area contributed by atoms with Crippen LogP contribution in [0.4, 0.5) is 0 Å². The predicted molar refractivity (Wildman–Crippen MR) is 86.9 cm³/mol. The van der Waals surface area contributed by atoms with Crippen molar-refractivity contribution in [1.82, 2.24) is 4.90 Å². The number of amides is 1. The number of thioether (sulfide) groups is 1. The summed E-state index contributed by atoms with van der Waals surface area (Å²) in [5.74, 6) is -0.322. The van der Waals surface area contributed by atoms with Crippen molar-refractivity contribution in [3.63, 3.8) is 0 Å². The summed E-state index contributed by atoms with van der Waals surface area (Å²) in [6.07, 6.45) is 2.99. The van der Waals surface area contributed by atoms with Gasteiger partial charge in [0.25, 0.3) is 0 Å². The maximum absolute atomic E-state index is 13.0. The molecule has 5 heteroatoms. The van der Waals surface area contributed by atoms with Gasteiger partial charge in [-0.05, 0) is 36.1 Å². The monoisotopic (exact) mass is 319 g/mol. The maximum atomic E-state index is 13.0. The molecule has 1 heterocycles. The summed E-state index contributed by atoms with van der Waals surface area (Å²) in [6, 6.07) is 8.37. The number of carboxylic acid groups (broad SMARTS) is 1. The van der Waals surface area contributed by atoms with Crippen LogP contribution in [0.15, 0.2) is 24.3 Å². The predicted octanol–water partition coefficient (Wildman–Crippen LogP) is 2.73. The highest BCUT2D eigenvalue weighted by Gasteiger charge is 2.39. The number of carbonyl (C=O) groups is 2. The molecule has 1 aromatic rings. The summed E-state index contributed by atoms with van der Waals surface area (Å²) in [6.45, 7) is 1.99. The van der Waals surface area contributed by atoms with Crippen LogP contribution in [-0.2, 0) is 16.0 Å². The first-order valence-electron chi connectivity index (χ1n) is 7.80. The van der Waals surface area contributed by atoms with Gasteiger partial charge in [0.05, 0.1) is 5.92 Å². The average molecular weight is 319 g/mol. The molecule has 0 radical (unpaired) electrons. The minimum absolute atomic E-state index is 0.0905. The Bertz CT molecular complexity index is 585. The minimum Gasteiger partial charge on any atom is -0.481 e. The zero-order chi connectivity index (χ0) is 15.7. The Kier molecular flexibility index (Phi) is 4.43. The quantitative estimate of drug-likeness (QED) is 0.906. The first-order valence-corrected chi connectivity index (χ1v) is 8.85. The number of carbonyl (C=O) groups excluding carboxylic acids is 1. The van der Waals surface area contributed by atoms with E-state index in [4.69, 9.17) is 5.11 Å². The van der Waals surface area contributed by atoms with Crippen molar-refractivity contribution in [2.24, 2.45) is 5.92 Å². The Morgan fingerprint density at radius 3 is 2.77 bits per heavy atom. The van der Waals surface area contributed by atoms with Crippen molar-refractivity contribution in [1.29, 1.82) is 0 Å². The van der Waals surface area contributed by atoms with Crippen LogP contribution in [0.5, 0.6) is 0 Å². The molecule has 0 spiro atoms. The average Bonchev–Trinajstić information content (AvgIpc) is 3.35. The smallest absolute Gasteiger partial charge is 0.308 e. The van der Waals surface area contributed by atoms with Crippen molar-refractivity contribution >= 4 is 23.6 Å². The van der Waals surface area contributed by atoms with E-state index in [-0.39, 0.29) is 17.2 Å². The molecule has 1 aliphatic heterocycles. The van der Waals surface area contributed by atoms with Crippen LogP contribution >= 0.6 is 11.8 Å². The van der Waals surface area contributed by atoms with Crippen molar-refractivity contribution in [3.05, 3.63) is 35.4 Å². The van der Waals surface area contributed by atoms with Gasteiger partial charge in [0.15, 0.2) is 0 Å². The van der Waals surface area contributed by atoms with Crippen LogP contribution in [0, 0.1) is 5.92 Å². The van der Waals surface area contributed by atoms with Crippen molar-refractivity contribution < 1.29 is 14.7 Å². The lowest BCUT2D eigenvalue weighted by molar-refractivity contribution is -0.143. The second-order valence-electron chi connectivity index (χ2n) is 6.16. The number of rotatable bonds is 5. The lowest BCUT2D eigenvalue weighted by atomic mass is 10.0. The lowest BCUT2D eigenvalue weighted by Gasteiger charge is -2.31. The van der Waals surface area contributed by atoms with E-state index >= 15 is 0 Å². The molecule has 4 nitrogen and oxygen atoms in total. The summed E-state index contributed by atoms with van der Waals surface area (Å²) >= 11 is 1.68. The van der Waals surface area contributed by atoms with E-state index in [2.05, 4.69) is 6.07 Å². The van der Waals surface area contributed by atoms with Crippen LogP contribution in [0.2, 0.25) is 0 Å². The SMILES string of the molecule is C[C@@H](CN(C(=O)[C@H]1SCCc2ccccc21)C1CC1)C(=O)O. The topological polar surface area (TPSA) is 57.6 Å². The number of carboxylic acids is 1. The third-order valence-corrected chi connectivity index (χ3v) is 5.61. The molecule has 0 bridgehead atoms. The number of hydrogen-bond donors (Lipinski definition) is 1. The molecule has 0 saturated heterocycles. The van der Waals surface area contributed by atoms with Gasteiger partial charge >= 0.3 is 5.97 Å². The van der Waals surface area contributed by atoms with E-state index in [1.807, 2.05) is 23.1 Å². The Hall–Kier alpha value is -1.49. The second-order valence-corrected chi connectivity index (χ2v) is 7.37. The van der Waals surface area contributed by atoms with Gasteiger partial charge in [-0.1, -0.05) is 31.2 Å². The highest BCUT2D eigenvalue weighted by molar-refractivity contribution is 8.00. The zero-order valence-electron chi connectivity index (χ0n) is 12.7. The fraction of sp³-hybridized carbons (Fsp3) is 0.529. The second kappa shape index (κ2) is 6.32. The highest BCUT2D eigenvalue weighted by atomic mass is 32.2. The van der Waals surface area contributed by atoms with E-state index in [0.717, 1.165) is 30.6 Å². The summed E-state index contributed by atoms with van der Waals surface area (Å²) in [5, 5.41) is 8.97. The number of aryl methyl sites for hydroxylation is 1. The van der Waals surface area contributed by atoms with E-state index in [0.29, 0.717) is 6.54 Å². The van der Waals surface area contributed by atoms with Crippen molar-refractivity contribution in [2.45, 2.75) is 37.5 Å². The molecule has 0 aromatic heterocycles.